The number of pyridine rings is 1. The van der Waals surface area contributed by atoms with Gasteiger partial charge in [0.1, 0.15) is 0 Å². The van der Waals surface area contributed by atoms with E-state index in [1.54, 1.807) is 39.0 Å². The molecule has 4 amide bonds. The van der Waals surface area contributed by atoms with Crippen molar-refractivity contribution in [3.63, 3.8) is 0 Å². The SMILES string of the molecule is CC(F)OC1CCC2(CC1)Cc1ccc(-c3cccc(C#N)c3)cc1C21N=C(N)N(C(C)C)C1=O.CC(F)OC1CCC2(CC1)Cc1ccc(-c3cncc(C(F)(F)F)c3)cc1C21N=C(N)N(C(C)C)C1=O.CC(F)OC1CCC2(CC1)Cc1ccc(C#CC3CC3)cc1C21N=C(N)N(C(C)C)C1=O.[C-]#[N+]c1ccc2c(c1)C1(N=C(N)N(C(C)C)C1=O)C1(CCC(OC(C)F)CC1)C2. The van der Waals surface area contributed by atoms with Crippen LogP contribution in [0.4, 0.5) is 36.4 Å². The van der Waals surface area contributed by atoms with E-state index >= 15 is 0 Å². The molecule has 4 aliphatic heterocycles. The van der Waals surface area contributed by atoms with Gasteiger partial charge in [0.2, 0.25) is 0 Å². The van der Waals surface area contributed by atoms with Crippen LogP contribution in [0.1, 0.15) is 260 Å². The zero-order valence-electron chi connectivity index (χ0n) is 77.7. The number of nitrogens with zero attached hydrogens (tertiary/aromatic N) is 11. The Balaban J connectivity index is 0.000000130. The molecule has 5 fully saturated rings. The molecule has 5 heterocycles. The summed E-state index contributed by atoms with van der Waals surface area (Å²) in [4.78, 5) is 89.7. The van der Waals surface area contributed by atoms with Gasteiger partial charge in [0.15, 0.2) is 77.1 Å². The third-order valence-electron chi connectivity index (χ3n) is 30.4. The van der Waals surface area contributed by atoms with Crippen LogP contribution in [0.3, 0.4) is 0 Å². The second-order valence-electron chi connectivity index (χ2n) is 39.9. The number of amides is 4. The van der Waals surface area contributed by atoms with E-state index < -0.39 is 75.6 Å². The van der Waals surface area contributed by atoms with Crippen molar-refractivity contribution >= 4 is 53.2 Å². The summed E-state index contributed by atoms with van der Waals surface area (Å²) in [7, 11) is 0. The molecule has 5 aromatic carbocycles. The highest BCUT2D eigenvalue weighted by Gasteiger charge is 2.72. The minimum absolute atomic E-state index is 0.0331. The quantitative estimate of drug-likeness (QED) is 0.0448. The number of carbonyl (C=O) groups excluding carboxylic acids is 4. The Morgan fingerprint density at radius 3 is 1.05 bits per heavy atom. The minimum atomic E-state index is -4.53. The number of alkyl halides is 7. The van der Waals surface area contributed by atoms with Crippen molar-refractivity contribution < 1.29 is 68.9 Å². The monoisotopic (exact) mass is 1830 g/mol. The van der Waals surface area contributed by atoms with E-state index in [4.69, 9.17) is 68.4 Å². The number of guanidine groups is 4. The number of ether oxygens (including phenoxy) is 4. The predicted octanol–water partition coefficient (Wildman–Crippen LogP) is 18.0. The van der Waals surface area contributed by atoms with Crippen molar-refractivity contribution in [2.45, 2.75) is 327 Å². The third-order valence-corrected chi connectivity index (χ3v) is 30.4. The van der Waals surface area contributed by atoms with Crippen molar-refractivity contribution in [3.8, 4) is 40.2 Å². The first-order chi connectivity index (χ1) is 63.1. The molecule has 8 N–H and O–H groups in total. The molecular weight excluding hydrogens is 1710 g/mol. The molecule has 1 aromatic heterocycles. The van der Waals surface area contributed by atoms with Gasteiger partial charge < -0.3 is 41.9 Å². The van der Waals surface area contributed by atoms with Crippen LogP contribution in [-0.2, 0) is 92.1 Å². The summed E-state index contributed by atoms with van der Waals surface area (Å²) in [6.07, 6.45) is 7.46. The zero-order chi connectivity index (χ0) is 95.4. The zero-order valence-corrected chi connectivity index (χ0v) is 77.7. The summed E-state index contributed by atoms with van der Waals surface area (Å²) >= 11 is 0. The number of hydrogen-bond acceptors (Lipinski definition) is 18. The van der Waals surface area contributed by atoms with Crippen molar-refractivity contribution in [1.82, 2.24) is 24.6 Å². The maximum Gasteiger partial charge on any atom is 0.417 e. The number of nitriles is 1. The summed E-state index contributed by atoms with van der Waals surface area (Å²) in [5.41, 5.74) is 30.3. The van der Waals surface area contributed by atoms with Crippen molar-refractivity contribution in [3.05, 3.63) is 188 Å². The molecule has 30 heteroatoms. The fourth-order valence-corrected chi connectivity index (χ4v) is 24.4. The van der Waals surface area contributed by atoms with E-state index in [0.717, 1.165) is 87.2 Å². The molecule has 8 spiro atoms. The number of aliphatic imine (C=N–C) groups is 4. The Morgan fingerprint density at radius 1 is 0.414 bits per heavy atom. The largest absolute Gasteiger partial charge is 0.417 e. The van der Waals surface area contributed by atoms with Gasteiger partial charge >= 0.3 is 6.18 Å². The van der Waals surface area contributed by atoms with Gasteiger partial charge in [-0.2, -0.15) is 18.4 Å². The second kappa shape index (κ2) is 35.9. The van der Waals surface area contributed by atoms with Gasteiger partial charge in [-0.1, -0.05) is 72.5 Å². The van der Waals surface area contributed by atoms with Gasteiger partial charge in [0, 0.05) is 75.3 Å². The van der Waals surface area contributed by atoms with Crippen LogP contribution in [0.2, 0.25) is 0 Å². The molecule has 13 aliphatic rings. The van der Waals surface area contributed by atoms with Crippen LogP contribution >= 0.6 is 0 Å². The third kappa shape index (κ3) is 16.4. The molecule has 704 valence electrons. The molecule has 133 heavy (non-hydrogen) atoms. The lowest BCUT2D eigenvalue weighted by molar-refractivity contribution is -0.142. The van der Waals surface area contributed by atoms with Gasteiger partial charge in [-0.3, -0.25) is 43.8 Å². The number of rotatable bonds is 14. The van der Waals surface area contributed by atoms with Gasteiger partial charge in [0.05, 0.1) is 48.2 Å². The van der Waals surface area contributed by atoms with Crippen LogP contribution in [0, 0.1) is 57.3 Å². The second-order valence-corrected chi connectivity index (χ2v) is 39.9. The Kier molecular flexibility index (Phi) is 25.7. The number of aromatic nitrogens is 1. The molecule has 0 bridgehead atoms. The Morgan fingerprint density at radius 2 is 0.737 bits per heavy atom. The summed E-state index contributed by atoms with van der Waals surface area (Å²) in [5.74, 6) is 7.62. The van der Waals surface area contributed by atoms with Gasteiger partial charge in [0.25, 0.3) is 23.6 Å². The van der Waals surface area contributed by atoms with Gasteiger partial charge in [-0.25, -0.2) is 42.4 Å². The average molecular weight is 1830 g/mol. The average Bonchev–Trinajstić information content (AvgIpc) is 1.53. The molecule has 5 saturated carbocycles. The van der Waals surface area contributed by atoms with Crippen molar-refractivity contribution in [2.75, 3.05) is 0 Å². The highest BCUT2D eigenvalue weighted by molar-refractivity contribution is 6.12. The van der Waals surface area contributed by atoms with E-state index in [2.05, 4.69) is 58.1 Å². The lowest BCUT2D eigenvalue weighted by Crippen LogP contribution is -2.53. The molecule has 23 nitrogen and oxygen atoms in total. The van der Waals surface area contributed by atoms with Crippen molar-refractivity contribution in [2.24, 2.45) is 70.5 Å². The van der Waals surface area contributed by atoms with Gasteiger partial charge in [-0.05, 0) is 328 Å². The number of nitrogens with two attached hydrogens (primary N) is 4. The fraction of sp³-hybridized carbons (Fsp3) is 0.544. The maximum atomic E-state index is 14.2. The van der Waals surface area contributed by atoms with Crippen LogP contribution in [0.15, 0.2) is 135 Å². The molecule has 0 saturated heterocycles. The van der Waals surface area contributed by atoms with Crippen LogP contribution in [-0.4, -0.2) is 146 Å². The van der Waals surface area contributed by atoms with Crippen LogP contribution in [0.25, 0.3) is 27.1 Å². The highest BCUT2D eigenvalue weighted by Crippen LogP contribution is 2.68. The topological polar surface area (TPSA) is 313 Å². The molecule has 8 atom stereocenters. The summed E-state index contributed by atoms with van der Waals surface area (Å²) < 4.78 is 116. The van der Waals surface area contributed by atoms with E-state index in [0.29, 0.717) is 149 Å². The number of fused-ring (bicyclic) bond motifs is 12. The maximum absolute atomic E-state index is 14.2. The molecular formula is C103H120F7N15O8. The van der Waals surface area contributed by atoms with E-state index in [-0.39, 0.29) is 95.5 Å². The molecule has 19 rings (SSSR count). The minimum Gasteiger partial charge on any atom is -0.369 e. The van der Waals surface area contributed by atoms with Crippen LogP contribution in [0.5, 0.6) is 0 Å². The summed E-state index contributed by atoms with van der Waals surface area (Å²) in [5, 5.41) is 9.35. The van der Waals surface area contributed by atoms with Gasteiger partial charge in [-0.15, -0.1) is 0 Å². The predicted molar refractivity (Wildman–Crippen MR) is 491 cm³/mol. The Hall–Kier alpha value is -11.1. The first kappa shape index (κ1) is 95.1. The lowest BCUT2D eigenvalue weighted by atomic mass is 9.61. The first-order valence-electron chi connectivity index (χ1n) is 47.0. The normalized spacial score (nSPS) is 30.1. The Labute approximate surface area is 773 Å². The summed E-state index contributed by atoms with van der Waals surface area (Å²) in [6.45, 7) is 28.4. The molecule has 6 aromatic rings. The lowest BCUT2D eigenvalue weighted by Gasteiger charge is -2.45. The van der Waals surface area contributed by atoms with E-state index in [1.165, 1.54) is 51.6 Å². The first-order valence-corrected chi connectivity index (χ1v) is 47.0. The van der Waals surface area contributed by atoms with Crippen molar-refractivity contribution in [1.29, 1.82) is 5.26 Å². The summed E-state index contributed by atoms with van der Waals surface area (Å²) in [6, 6.07) is 33.6. The van der Waals surface area contributed by atoms with E-state index in [1.807, 2.05) is 97.9 Å². The Bertz CT molecular complexity index is 5830. The van der Waals surface area contributed by atoms with Crippen LogP contribution < -0.4 is 22.9 Å². The van der Waals surface area contributed by atoms with E-state index in [9.17, 15) is 55.2 Å². The number of hydrogen-bond donors (Lipinski definition) is 4. The highest BCUT2D eigenvalue weighted by atomic mass is 19.4. The molecule has 8 unspecified atom stereocenters. The fourth-order valence-electron chi connectivity index (χ4n) is 24.4. The number of carbonyl (C=O) groups is 4. The standard InChI is InChI=1S/C28H31FN4O2.C27H30F4N4O2.C26H32FN3O2.C22H27FN4O2/c1-17(2)33-25(34)28(32-26(33)31)24-14-21(20-6-4-5-19(13-20)16-30)7-8-22(24)15-27(28)11-9-23(10-12-27)35-18(3)29;1-15(2)35-23(36)26(34-24(35)32)22-11-17(19-10-20(14-33-13-19)27(29,30)31)4-5-18(22)12-25(26)8-6-21(7-9-25)37-16(3)28;1-16(2)30-23(31)26(29-24(30)28)22-14-19(7-6-18-4-5-18)8-9-20(22)15-25(26)12-10-21(11-13-25)32-17(3)27;1-13(2)27-19(28)22(26-20(27)24)18-11-16(25-4)6-5-15(18)12-21(22)9-7-17(8-10-21)29-14(3)23/h4-8,13-14,17-18,23H,9-12,15H2,1-3H3,(H2,31,32);4-5,10-11,13-16,21H,6-9,12H2,1-3H3,(H2,32,34);8-9,14,16-18,21H,4-5,10-13,15H2,1-3H3,(H2,28,29);5-6,11,13-14,17H,7-10,12H2,1-3H3,(H2,24,26). The number of halogens is 7. The molecule has 9 aliphatic carbocycles. The number of benzene rings is 5. The molecule has 0 radical (unpaired) electrons. The smallest absolute Gasteiger partial charge is 0.369 e.